The van der Waals surface area contributed by atoms with Crippen molar-refractivity contribution in [3.05, 3.63) is 44.1 Å². The van der Waals surface area contributed by atoms with E-state index in [4.69, 9.17) is 5.73 Å². The minimum atomic E-state index is -3.58. The molecule has 0 saturated carbocycles. The highest BCUT2D eigenvalue weighted by Gasteiger charge is 2.18. The van der Waals surface area contributed by atoms with Crippen LogP contribution in [0.15, 0.2) is 32.9 Å². The number of aryl methyl sites for hydroxylation is 2. The maximum absolute atomic E-state index is 12.4. The van der Waals surface area contributed by atoms with Crippen LogP contribution in [0.3, 0.4) is 0 Å². The molecule has 0 fully saturated rings. The lowest BCUT2D eigenvalue weighted by atomic mass is 10.2. The highest BCUT2D eigenvalue weighted by atomic mass is 79.9. The van der Waals surface area contributed by atoms with Crippen LogP contribution >= 0.6 is 27.3 Å². The molecule has 21 heavy (non-hydrogen) atoms. The quantitative estimate of drug-likeness (QED) is 0.770. The van der Waals surface area contributed by atoms with Gasteiger partial charge in [0, 0.05) is 21.6 Å². The van der Waals surface area contributed by atoms with Gasteiger partial charge in [-0.05, 0) is 64.0 Å². The molecule has 3 N–H and O–H groups in total. The van der Waals surface area contributed by atoms with Crippen LogP contribution in [0.5, 0.6) is 0 Å². The third-order valence-corrected chi connectivity index (χ3v) is 6.42. The van der Waals surface area contributed by atoms with E-state index in [1.807, 2.05) is 11.4 Å². The molecule has 0 unspecified atom stereocenters. The molecule has 1 aromatic heterocycles. The number of nitrogens with two attached hydrogens (primary N) is 1. The predicted molar refractivity (Wildman–Crippen MR) is 91.0 cm³/mol. The molecule has 0 aliphatic heterocycles. The van der Waals surface area contributed by atoms with Crippen LogP contribution in [0.25, 0.3) is 0 Å². The van der Waals surface area contributed by atoms with Crippen LogP contribution in [-0.2, 0) is 23.0 Å². The van der Waals surface area contributed by atoms with E-state index in [0.29, 0.717) is 22.3 Å². The molecule has 0 atom stereocenters. The number of hydrogen-bond donors (Lipinski definition) is 2. The lowest BCUT2D eigenvalue weighted by molar-refractivity contribution is 0.581. The van der Waals surface area contributed by atoms with E-state index >= 15 is 0 Å². The second-order valence-corrected chi connectivity index (χ2v) is 8.28. The second-order valence-electron chi connectivity index (χ2n) is 4.69. The Morgan fingerprint density at radius 2 is 2.10 bits per heavy atom. The molecule has 2 aromatic rings. The monoisotopic (exact) mass is 388 g/mol. The topological polar surface area (TPSA) is 72.2 Å². The van der Waals surface area contributed by atoms with Crippen molar-refractivity contribution in [1.82, 2.24) is 4.72 Å². The van der Waals surface area contributed by atoms with Gasteiger partial charge >= 0.3 is 0 Å². The number of halogens is 1. The van der Waals surface area contributed by atoms with E-state index in [9.17, 15) is 8.42 Å². The van der Waals surface area contributed by atoms with Gasteiger partial charge in [0.25, 0.3) is 0 Å². The van der Waals surface area contributed by atoms with Gasteiger partial charge in [-0.25, -0.2) is 13.1 Å². The standard InChI is InChI=1S/C14H17BrN2O2S2/c1-3-10-4-5-20-13(10)8-17-21(18,19)14-7-12(16)11(15)6-9(14)2/h4-7,17H,3,8,16H2,1-2H3. The Bertz CT molecular complexity index is 754. The fourth-order valence-corrected chi connectivity index (χ4v) is 4.75. The van der Waals surface area contributed by atoms with Gasteiger partial charge in [0.05, 0.1) is 4.90 Å². The van der Waals surface area contributed by atoms with Crippen molar-refractivity contribution in [2.75, 3.05) is 5.73 Å². The number of thiophene rings is 1. The third kappa shape index (κ3) is 3.66. The van der Waals surface area contributed by atoms with Crippen LogP contribution in [0.1, 0.15) is 22.9 Å². The van der Waals surface area contributed by atoms with Crippen LogP contribution < -0.4 is 10.5 Å². The molecule has 0 bridgehead atoms. The fourth-order valence-electron chi connectivity index (χ4n) is 2.03. The number of hydrogen-bond acceptors (Lipinski definition) is 4. The first-order chi connectivity index (χ1) is 9.85. The van der Waals surface area contributed by atoms with Gasteiger partial charge in [-0.15, -0.1) is 11.3 Å². The summed E-state index contributed by atoms with van der Waals surface area (Å²) in [5.74, 6) is 0. The largest absolute Gasteiger partial charge is 0.398 e. The molecule has 0 amide bonds. The Morgan fingerprint density at radius 1 is 1.38 bits per heavy atom. The number of nitrogen functional groups attached to an aromatic ring is 1. The highest BCUT2D eigenvalue weighted by molar-refractivity contribution is 9.10. The molecule has 0 aliphatic rings. The Morgan fingerprint density at radius 3 is 2.76 bits per heavy atom. The van der Waals surface area contributed by atoms with Crippen molar-refractivity contribution in [1.29, 1.82) is 0 Å². The van der Waals surface area contributed by atoms with Crippen LogP contribution in [0, 0.1) is 6.92 Å². The molecule has 7 heteroatoms. The Hall–Kier alpha value is -0.890. The molecule has 114 valence electrons. The van der Waals surface area contributed by atoms with Crippen LogP contribution in [0.4, 0.5) is 5.69 Å². The van der Waals surface area contributed by atoms with Crippen molar-refractivity contribution in [2.45, 2.75) is 31.7 Å². The predicted octanol–water partition coefficient (Wildman–Crippen LogP) is 3.44. The summed E-state index contributed by atoms with van der Waals surface area (Å²) in [4.78, 5) is 1.27. The average Bonchev–Trinajstić information content (AvgIpc) is 2.88. The fraction of sp³-hybridized carbons (Fsp3) is 0.286. The molecule has 0 saturated heterocycles. The van der Waals surface area contributed by atoms with E-state index < -0.39 is 10.0 Å². The molecular weight excluding hydrogens is 372 g/mol. The summed E-state index contributed by atoms with van der Waals surface area (Å²) in [5, 5.41) is 1.98. The Kier molecular flexibility index (Phi) is 5.08. The number of anilines is 1. The number of sulfonamides is 1. The SMILES string of the molecule is CCc1ccsc1CNS(=O)(=O)c1cc(N)c(Br)cc1C. The zero-order valence-electron chi connectivity index (χ0n) is 11.8. The third-order valence-electron chi connectivity index (χ3n) is 3.23. The van der Waals surface area contributed by atoms with Gasteiger partial charge in [0.2, 0.25) is 10.0 Å². The summed E-state index contributed by atoms with van der Waals surface area (Å²) in [6.45, 7) is 4.11. The number of rotatable bonds is 5. The van der Waals surface area contributed by atoms with Gasteiger partial charge in [-0.2, -0.15) is 0 Å². The lowest BCUT2D eigenvalue weighted by Crippen LogP contribution is -2.24. The Labute approximate surface area is 137 Å². The van der Waals surface area contributed by atoms with E-state index in [-0.39, 0.29) is 4.90 Å². The van der Waals surface area contributed by atoms with E-state index in [2.05, 4.69) is 27.6 Å². The molecule has 0 radical (unpaired) electrons. The van der Waals surface area contributed by atoms with Gasteiger partial charge in [-0.1, -0.05) is 6.92 Å². The molecule has 4 nitrogen and oxygen atoms in total. The normalized spacial score (nSPS) is 11.8. The molecule has 0 aliphatic carbocycles. The van der Waals surface area contributed by atoms with Crippen molar-refractivity contribution >= 4 is 43.0 Å². The zero-order valence-corrected chi connectivity index (χ0v) is 15.0. The van der Waals surface area contributed by atoms with E-state index in [1.165, 1.54) is 11.6 Å². The number of nitrogens with one attached hydrogen (secondary N) is 1. The minimum absolute atomic E-state index is 0.220. The summed E-state index contributed by atoms with van der Waals surface area (Å²) in [6, 6.07) is 5.22. The van der Waals surface area contributed by atoms with E-state index in [0.717, 1.165) is 11.3 Å². The minimum Gasteiger partial charge on any atom is -0.398 e. The van der Waals surface area contributed by atoms with Crippen molar-refractivity contribution < 1.29 is 8.42 Å². The van der Waals surface area contributed by atoms with Gasteiger partial charge < -0.3 is 5.73 Å². The van der Waals surface area contributed by atoms with Crippen LogP contribution in [-0.4, -0.2) is 8.42 Å². The summed E-state index contributed by atoms with van der Waals surface area (Å²) in [7, 11) is -3.58. The number of benzene rings is 1. The highest BCUT2D eigenvalue weighted by Crippen LogP contribution is 2.27. The first kappa shape index (κ1) is 16.5. The van der Waals surface area contributed by atoms with Crippen molar-refractivity contribution in [3.8, 4) is 0 Å². The maximum atomic E-state index is 12.4. The van der Waals surface area contributed by atoms with Crippen LogP contribution in [0.2, 0.25) is 0 Å². The Balaban J connectivity index is 2.25. The summed E-state index contributed by atoms with van der Waals surface area (Å²) < 4.78 is 28.2. The molecule has 0 spiro atoms. The molecule has 2 rings (SSSR count). The summed E-state index contributed by atoms with van der Waals surface area (Å²) in [6.07, 6.45) is 0.894. The molecule has 1 aromatic carbocycles. The first-order valence-electron chi connectivity index (χ1n) is 6.45. The van der Waals surface area contributed by atoms with Gasteiger partial charge in [-0.3, -0.25) is 0 Å². The first-order valence-corrected chi connectivity index (χ1v) is 9.61. The van der Waals surface area contributed by atoms with Gasteiger partial charge in [0.1, 0.15) is 0 Å². The lowest BCUT2D eigenvalue weighted by Gasteiger charge is -2.11. The summed E-state index contributed by atoms with van der Waals surface area (Å²) >= 11 is 4.86. The zero-order chi connectivity index (χ0) is 15.6. The maximum Gasteiger partial charge on any atom is 0.241 e. The van der Waals surface area contributed by atoms with Gasteiger partial charge in [0.15, 0.2) is 0 Å². The molecule has 1 heterocycles. The van der Waals surface area contributed by atoms with E-state index in [1.54, 1.807) is 24.3 Å². The summed E-state index contributed by atoms with van der Waals surface area (Å²) in [5.41, 5.74) is 8.03. The second kappa shape index (κ2) is 6.48. The average molecular weight is 389 g/mol. The van der Waals surface area contributed by atoms with Crippen molar-refractivity contribution in [3.63, 3.8) is 0 Å². The molecular formula is C14H17BrN2O2S2. The van der Waals surface area contributed by atoms with Crippen molar-refractivity contribution in [2.24, 2.45) is 0 Å². The smallest absolute Gasteiger partial charge is 0.241 e.